The highest BCUT2D eigenvalue weighted by atomic mass is 32.2. The summed E-state index contributed by atoms with van der Waals surface area (Å²) in [5, 5.41) is 1.75. The first-order valence-corrected chi connectivity index (χ1v) is 6.53. The van der Waals surface area contributed by atoms with E-state index in [-0.39, 0.29) is 0 Å². The second-order valence-corrected chi connectivity index (χ2v) is 5.04. The van der Waals surface area contributed by atoms with Crippen molar-refractivity contribution in [2.75, 3.05) is 6.54 Å². The van der Waals surface area contributed by atoms with Gasteiger partial charge in [0.25, 0.3) is 0 Å². The van der Waals surface area contributed by atoms with Crippen molar-refractivity contribution in [3.63, 3.8) is 0 Å². The lowest BCUT2D eigenvalue weighted by atomic mass is 10.2. The number of nitrogens with zero attached hydrogens (tertiary/aromatic N) is 4. The van der Waals surface area contributed by atoms with Crippen molar-refractivity contribution in [1.29, 1.82) is 0 Å². The zero-order valence-electron chi connectivity index (χ0n) is 10.1. The van der Waals surface area contributed by atoms with Crippen LogP contribution < -0.4 is 10.7 Å². The lowest BCUT2D eigenvalue weighted by molar-refractivity contribution is 0.979. The zero-order valence-corrected chi connectivity index (χ0v) is 10.9. The molecule has 0 radical (unpaired) electrons. The van der Waals surface area contributed by atoms with Crippen LogP contribution >= 0.6 is 11.8 Å². The minimum absolute atomic E-state index is 0.531. The Morgan fingerprint density at radius 3 is 3.26 bits per heavy atom. The smallest absolute Gasteiger partial charge is 0.158 e. The summed E-state index contributed by atoms with van der Waals surface area (Å²) >= 11 is 1.51. The Balaban J connectivity index is 2.18. The van der Waals surface area contributed by atoms with Crippen molar-refractivity contribution >= 4 is 23.7 Å². The molecule has 0 amide bonds. The summed E-state index contributed by atoms with van der Waals surface area (Å²) in [7, 11) is 0. The van der Waals surface area contributed by atoms with Crippen molar-refractivity contribution in [1.82, 2.24) is 9.97 Å². The van der Waals surface area contributed by atoms with E-state index < -0.39 is 0 Å². The van der Waals surface area contributed by atoms with Crippen LogP contribution in [0.5, 0.6) is 0 Å². The molecule has 3 heterocycles. The number of aliphatic imine (C=N–C) groups is 1. The molecule has 0 N–H and O–H groups in total. The highest BCUT2D eigenvalue weighted by Crippen LogP contribution is 2.30. The average Bonchev–Trinajstić information content (AvgIpc) is 2.59. The summed E-state index contributed by atoms with van der Waals surface area (Å²) in [5.74, 6) is 2.87. The third-order valence-electron chi connectivity index (χ3n) is 2.57. The quantitative estimate of drug-likeness (QED) is 0.707. The SMILES string of the molecule is C=C1/C=c2/cncn/c2=N/CC2=C(N=C=CC=C2)S1. The van der Waals surface area contributed by atoms with E-state index >= 15 is 0 Å². The predicted octanol–water partition coefficient (Wildman–Crippen LogP) is 1.14. The van der Waals surface area contributed by atoms with Crippen LogP contribution in [-0.4, -0.2) is 22.4 Å². The van der Waals surface area contributed by atoms with Crippen LogP contribution in [-0.2, 0) is 0 Å². The molecule has 2 aliphatic rings. The topological polar surface area (TPSA) is 50.5 Å². The van der Waals surface area contributed by atoms with E-state index in [9.17, 15) is 0 Å². The van der Waals surface area contributed by atoms with Crippen molar-refractivity contribution in [2.24, 2.45) is 9.98 Å². The molecule has 0 atom stereocenters. The highest BCUT2D eigenvalue weighted by molar-refractivity contribution is 8.07. The maximum atomic E-state index is 4.52. The summed E-state index contributed by atoms with van der Waals surface area (Å²) in [6, 6.07) is 0. The maximum Gasteiger partial charge on any atom is 0.158 e. The first-order chi connectivity index (χ1) is 9.33. The van der Waals surface area contributed by atoms with Crippen LogP contribution in [0.25, 0.3) is 6.08 Å². The number of hydrogen-bond acceptors (Lipinski definition) is 5. The second-order valence-electron chi connectivity index (χ2n) is 3.93. The Bertz CT molecular complexity index is 780. The zero-order chi connectivity index (χ0) is 13.1. The minimum atomic E-state index is 0.531. The van der Waals surface area contributed by atoms with Crippen molar-refractivity contribution in [2.45, 2.75) is 0 Å². The lowest BCUT2D eigenvalue weighted by Crippen LogP contribution is -2.29. The molecule has 0 fully saturated rings. The van der Waals surface area contributed by atoms with Crippen molar-refractivity contribution in [3.8, 4) is 0 Å². The molecule has 0 saturated heterocycles. The molecule has 0 aliphatic carbocycles. The molecule has 0 aromatic carbocycles. The van der Waals surface area contributed by atoms with Gasteiger partial charge in [0.05, 0.1) is 6.54 Å². The summed E-state index contributed by atoms with van der Waals surface area (Å²) in [6.45, 7) is 4.56. The molecule has 5 heteroatoms. The van der Waals surface area contributed by atoms with Crippen LogP contribution in [0.2, 0.25) is 0 Å². The van der Waals surface area contributed by atoms with E-state index in [1.54, 1.807) is 12.3 Å². The van der Waals surface area contributed by atoms with E-state index in [2.05, 4.69) is 32.4 Å². The summed E-state index contributed by atoms with van der Waals surface area (Å²) in [6.07, 6.45) is 10.9. The number of hydrogen-bond donors (Lipinski definition) is 0. The van der Waals surface area contributed by atoms with E-state index in [0.29, 0.717) is 12.0 Å². The average molecular weight is 266 g/mol. The fourth-order valence-corrected chi connectivity index (χ4v) is 2.51. The van der Waals surface area contributed by atoms with Gasteiger partial charge in [-0.15, -0.1) is 0 Å². The Hall–Kier alpha value is -2.23. The number of aromatic nitrogens is 2. The molecule has 3 rings (SSSR count). The van der Waals surface area contributed by atoms with Gasteiger partial charge in [0, 0.05) is 21.9 Å². The molecule has 0 unspecified atom stereocenters. The molecule has 4 nitrogen and oxygen atoms in total. The van der Waals surface area contributed by atoms with Gasteiger partial charge in [-0.1, -0.05) is 30.5 Å². The monoisotopic (exact) mass is 266 g/mol. The molecular formula is C14H10N4S. The maximum absolute atomic E-state index is 4.52. The van der Waals surface area contributed by atoms with Gasteiger partial charge in [0.15, 0.2) is 5.49 Å². The summed E-state index contributed by atoms with van der Waals surface area (Å²) < 4.78 is 0. The van der Waals surface area contributed by atoms with Gasteiger partial charge in [-0.25, -0.2) is 9.97 Å². The Morgan fingerprint density at radius 2 is 2.32 bits per heavy atom. The van der Waals surface area contributed by atoms with E-state index in [4.69, 9.17) is 0 Å². The van der Waals surface area contributed by atoms with Crippen LogP contribution in [0.1, 0.15) is 0 Å². The molecule has 0 bridgehead atoms. The van der Waals surface area contributed by atoms with Crippen LogP contribution in [0, 0.1) is 0 Å². The van der Waals surface area contributed by atoms with Crippen LogP contribution in [0.4, 0.5) is 0 Å². The van der Waals surface area contributed by atoms with Gasteiger partial charge in [-0.05, 0) is 18.0 Å². The van der Waals surface area contributed by atoms with Crippen molar-refractivity contribution < 1.29 is 0 Å². The number of rotatable bonds is 0. The normalized spacial score (nSPS) is 20.9. The fraction of sp³-hybridized carbons (Fsp3) is 0.0714. The van der Waals surface area contributed by atoms with E-state index in [0.717, 1.165) is 20.7 Å². The van der Waals surface area contributed by atoms with Gasteiger partial charge in [-0.3, -0.25) is 4.99 Å². The molecule has 1 aromatic rings. The molecule has 2 aliphatic heterocycles. The van der Waals surface area contributed by atoms with E-state index in [1.807, 2.05) is 18.2 Å². The van der Waals surface area contributed by atoms with Crippen molar-refractivity contribution in [3.05, 3.63) is 63.5 Å². The highest BCUT2D eigenvalue weighted by Gasteiger charge is 2.08. The lowest BCUT2D eigenvalue weighted by Gasteiger charge is -2.03. The molecule has 1 aromatic heterocycles. The fourth-order valence-electron chi connectivity index (χ4n) is 1.71. The largest absolute Gasteiger partial charge is 0.261 e. The number of allylic oxidation sites excluding steroid dienone is 3. The van der Waals surface area contributed by atoms with Crippen LogP contribution in [0.15, 0.2) is 62.8 Å². The van der Waals surface area contributed by atoms with Gasteiger partial charge >= 0.3 is 0 Å². The predicted molar refractivity (Wildman–Crippen MR) is 77.0 cm³/mol. The van der Waals surface area contributed by atoms with Gasteiger partial charge in [0.1, 0.15) is 11.4 Å². The van der Waals surface area contributed by atoms with E-state index in [1.165, 1.54) is 18.1 Å². The first kappa shape index (κ1) is 11.8. The van der Waals surface area contributed by atoms with Gasteiger partial charge in [-0.2, -0.15) is 4.99 Å². The molecular weight excluding hydrogens is 256 g/mol. The Morgan fingerprint density at radius 1 is 1.37 bits per heavy atom. The summed E-state index contributed by atoms with van der Waals surface area (Å²) in [4.78, 5) is 17.9. The number of thioether (sulfide) groups is 1. The summed E-state index contributed by atoms with van der Waals surface area (Å²) in [5.41, 5.74) is 1.72. The Kier molecular flexibility index (Phi) is 3.23. The number of fused-ring (bicyclic) bond motifs is 1. The van der Waals surface area contributed by atoms with Gasteiger partial charge in [0.2, 0.25) is 0 Å². The molecule has 0 spiro atoms. The second kappa shape index (κ2) is 5.18. The van der Waals surface area contributed by atoms with Crippen LogP contribution in [0.3, 0.4) is 0 Å². The minimum Gasteiger partial charge on any atom is -0.261 e. The standard InChI is InChI=1S/C14H10N4S/c1-10-6-12-7-15-9-18-13(12)17-8-11-4-2-3-5-16-14(11)19-10/h2-4,6-7,9H,1,8H2/b12-6-,17-13+. The third-order valence-corrected chi connectivity index (χ3v) is 3.50. The van der Waals surface area contributed by atoms with Gasteiger partial charge < -0.3 is 0 Å². The third kappa shape index (κ3) is 2.62. The first-order valence-electron chi connectivity index (χ1n) is 5.71. The molecule has 19 heavy (non-hydrogen) atoms. The molecule has 0 saturated carbocycles. The Labute approximate surface area is 114 Å². The molecule has 92 valence electrons.